The van der Waals surface area contributed by atoms with Crippen molar-refractivity contribution < 1.29 is 4.79 Å². The van der Waals surface area contributed by atoms with Crippen LogP contribution in [0, 0.1) is 0 Å². The van der Waals surface area contributed by atoms with Crippen molar-refractivity contribution in [1.82, 2.24) is 0 Å². The van der Waals surface area contributed by atoms with Gasteiger partial charge in [-0.25, -0.2) is 0 Å². The van der Waals surface area contributed by atoms with E-state index in [-0.39, 0.29) is 12.3 Å². The number of primary amides is 1. The molecule has 0 saturated heterocycles. The topological polar surface area (TPSA) is 43.1 Å². The van der Waals surface area contributed by atoms with Gasteiger partial charge in [0.1, 0.15) is 0 Å². The van der Waals surface area contributed by atoms with Crippen molar-refractivity contribution in [2.75, 3.05) is 0 Å². The average Bonchev–Trinajstić information content (AvgIpc) is 2.07. The van der Waals surface area contributed by atoms with Crippen LogP contribution in [0.4, 0.5) is 0 Å². The van der Waals surface area contributed by atoms with Crippen LogP contribution in [0.2, 0.25) is 5.02 Å². The molecule has 2 nitrogen and oxygen atoms in total. The molecule has 0 spiro atoms. The van der Waals surface area contributed by atoms with E-state index in [1.54, 1.807) is 6.07 Å². The van der Waals surface area contributed by atoms with Crippen LogP contribution in [0.1, 0.15) is 30.9 Å². The van der Waals surface area contributed by atoms with Gasteiger partial charge < -0.3 is 5.73 Å². The van der Waals surface area contributed by atoms with Crippen LogP contribution in [0.25, 0.3) is 0 Å². The summed E-state index contributed by atoms with van der Waals surface area (Å²) in [7, 11) is 0. The molecule has 1 rings (SSSR count). The quantitative estimate of drug-likeness (QED) is 0.820. The zero-order chi connectivity index (χ0) is 10.7. The fraction of sp³-hybridized carbons (Fsp3) is 0.364. The number of benzene rings is 1. The molecule has 0 unspecified atom stereocenters. The number of amides is 1. The van der Waals surface area contributed by atoms with E-state index in [0.717, 1.165) is 11.1 Å². The molecule has 0 atom stereocenters. The highest BCUT2D eigenvalue weighted by atomic mass is 35.5. The minimum absolute atomic E-state index is 0.282. The fourth-order valence-electron chi connectivity index (χ4n) is 1.45. The van der Waals surface area contributed by atoms with Crippen molar-refractivity contribution in [2.24, 2.45) is 5.73 Å². The predicted molar refractivity (Wildman–Crippen MR) is 58.4 cm³/mol. The Morgan fingerprint density at radius 2 is 2.14 bits per heavy atom. The number of carbonyl (C=O) groups excluding carboxylic acids is 1. The molecule has 0 radical (unpaired) electrons. The fourth-order valence-corrected chi connectivity index (χ4v) is 1.63. The van der Waals surface area contributed by atoms with Crippen LogP contribution in [0.3, 0.4) is 0 Å². The van der Waals surface area contributed by atoms with Crippen molar-refractivity contribution in [3.05, 3.63) is 34.3 Å². The highest BCUT2D eigenvalue weighted by molar-refractivity contribution is 6.30. The third kappa shape index (κ3) is 2.74. The highest BCUT2D eigenvalue weighted by Crippen LogP contribution is 2.23. The van der Waals surface area contributed by atoms with Gasteiger partial charge in [0.2, 0.25) is 5.91 Å². The molecule has 1 aromatic carbocycles. The first-order valence-corrected chi connectivity index (χ1v) is 4.95. The Hall–Kier alpha value is -1.02. The molecule has 76 valence electrons. The second-order valence-electron chi connectivity index (χ2n) is 3.64. The average molecular weight is 212 g/mol. The van der Waals surface area contributed by atoms with Crippen LogP contribution >= 0.6 is 11.6 Å². The molecular weight excluding hydrogens is 198 g/mol. The van der Waals surface area contributed by atoms with Crippen molar-refractivity contribution >= 4 is 17.5 Å². The highest BCUT2D eigenvalue weighted by Gasteiger charge is 2.09. The molecule has 0 aliphatic heterocycles. The van der Waals surface area contributed by atoms with Gasteiger partial charge >= 0.3 is 0 Å². The number of hydrogen-bond acceptors (Lipinski definition) is 1. The first-order valence-electron chi connectivity index (χ1n) is 4.57. The Morgan fingerprint density at radius 1 is 1.50 bits per heavy atom. The van der Waals surface area contributed by atoms with E-state index in [1.807, 2.05) is 12.1 Å². The molecule has 14 heavy (non-hydrogen) atoms. The minimum Gasteiger partial charge on any atom is -0.369 e. The molecule has 0 saturated carbocycles. The summed E-state index contributed by atoms with van der Waals surface area (Å²) in [6.07, 6.45) is 0.282. The molecule has 0 aliphatic carbocycles. The summed E-state index contributed by atoms with van der Waals surface area (Å²) in [5.74, 6) is 0.0391. The van der Waals surface area contributed by atoms with Gasteiger partial charge in [-0.1, -0.05) is 31.5 Å². The second-order valence-corrected chi connectivity index (χ2v) is 4.08. The lowest BCUT2D eigenvalue weighted by atomic mass is 9.95. The van der Waals surface area contributed by atoms with E-state index in [9.17, 15) is 4.79 Å². The van der Waals surface area contributed by atoms with E-state index in [4.69, 9.17) is 17.3 Å². The Balaban J connectivity index is 3.08. The molecule has 3 heteroatoms. The maximum absolute atomic E-state index is 10.8. The minimum atomic E-state index is -0.311. The second kappa shape index (κ2) is 4.47. The zero-order valence-electron chi connectivity index (χ0n) is 8.38. The van der Waals surface area contributed by atoms with E-state index < -0.39 is 0 Å². The van der Waals surface area contributed by atoms with Gasteiger partial charge in [0.15, 0.2) is 0 Å². The number of nitrogens with two attached hydrogens (primary N) is 1. The maximum atomic E-state index is 10.8. The summed E-state index contributed by atoms with van der Waals surface area (Å²) in [4.78, 5) is 10.8. The molecule has 1 amide bonds. The molecule has 0 fully saturated rings. The van der Waals surface area contributed by atoms with Crippen LogP contribution in [0.5, 0.6) is 0 Å². The lowest BCUT2D eigenvalue weighted by molar-refractivity contribution is -0.117. The summed E-state index contributed by atoms with van der Waals surface area (Å²) < 4.78 is 0. The van der Waals surface area contributed by atoms with Gasteiger partial charge in [-0.15, -0.1) is 0 Å². The van der Waals surface area contributed by atoms with Gasteiger partial charge in [0, 0.05) is 5.02 Å². The van der Waals surface area contributed by atoms with Crippen LogP contribution in [-0.2, 0) is 11.2 Å². The van der Waals surface area contributed by atoms with Crippen LogP contribution in [-0.4, -0.2) is 5.91 Å². The number of rotatable bonds is 3. The van der Waals surface area contributed by atoms with Gasteiger partial charge in [-0.05, 0) is 29.2 Å². The zero-order valence-corrected chi connectivity index (χ0v) is 9.14. The van der Waals surface area contributed by atoms with Gasteiger partial charge in [-0.2, -0.15) is 0 Å². The Labute approximate surface area is 89.1 Å². The molecule has 1 aromatic rings. The summed E-state index contributed by atoms with van der Waals surface area (Å²) in [6, 6.07) is 5.54. The van der Waals surface area contributed by atoms with Crippen LogP contribution < -0.4 is 5.73 Å². The lowest BCUT2D eigenvalue weighted by Gasteiger charge is -2.11. The van der Waals surface area contributed by atoms with Crippen LogP contribution in [0.15, 0.2) is 18.2 Å². The predicted octanol–water partition coefficient (Wildman–Crippen LogP) is 2.49. The summed E-state index contributed by atoms with van der Waals surface area (Å²) in [5.41, 5.74) is 7.22. The Morgan fingerprint density at radius 3 is 2.64 bits per heavy atom. The first kappa shape index (κ1) is 11.1. The molecule has 0 heterocycles. The van der Waals surface area contributed by atoms with Gasteiger partial charge in [-0.3, -0.25) is 4.79 Å². The van der Waals surface area contributed by atoms with Crippen molar-refractivity contribution in [2.45, 2.75) is 26.2 Å². The lowest BCUT2D eigenvalue weighted by Crippen LogP contribution is -2.15. The molecule has 0 aromatic heterocycles. The monoisotopic (exact) mass is 211 g/mol. The Bertz CT molecular complexity index is 347. The standard InChI is InChI=1S/C11H14ClNO/c1-7(2)10-6-9(12)4-3-8(10)5-11(13)14/h3-4,6-7H,5H2,1-2H3,(H2,13,14). The molecule has 2 N–H and O–H groups in total. The van der Waals surface area contributed by atoms with E-state index in [0.29, 0.717) is 10.9 Å². The number of hydrogen-bond donors (Lipinski definition) is 1. The van der Waals surface area contributed by atoms with E-state index in [2.05, 4.69) is 13.8 Å². The molecule has 0 aliphatic rings. The number of carbonyl (C=O) groups is 1. The van der Waals surface area contributed by atoms with Crippen molar-refractivity contribution in [3.8, 4) is 0 Å². The molecular formula is C11H14ClNO. The van der Waals surface area contributed by atoms with Gasteiger partial charge in [0.05, 0.1) is 6.42 Å². The van der Waals surface area contributed by atoms with Crippen molar-refractivity contribution in [3.63, 3.8) is 0 Å². The summed E-state index contributed by atoms with van der Waals surface area (Å²) in [6.45, 7) is 4.13. The normalized spacial score (nSPS) is 10.6. The Kier molecular flexibility index (Phi) is 3.53. The van der Waals surface area contributed by atoms with E-state index in [1.165, 1.54) is 0 Å². The van der Waals surface area contributed by atoms with E-state index >= 15 is 0 Å². The third-order valence-electron chi connectivity index (χ3n) is 2.09. The summed E-state index contributed by atoms with van der Waals surface area (Å²) >= 11 is 5.88. The van der Waals surface area contributed by atoms with Gasteiger partial charge in [0.25, 0.3) is 0 Å². The SMILES string of the molecule is CC(C)c1cc(Cl)ccc1CC(N)=O. The third-order valence-corrected chi connectivity index (χ3v) is 2.33. The molecule has 0 bridgehead atoms. The smallest absolute Gasteiger partial charge is 0.221 e. The summed E-state index contributed by atoms with van der Waals surface area (Å²) in [5, 5.41) is 0.696. The number of halogens is 1. The maximum Gasteiger partial charge on any atom is 0.221 e. The van der Waals surface area contributed by atoms with Crippen molar-refractivity contribution in [1.29, 1.82) is 0 Å². The largest absolute Gasteiger partial charge is 0.369 e. The first-order chi connectivity index (χ1) is 6.50.